The van der Waals surface area contributed by atoms with Crippen LogP contribution in [0.25, 0.3) is 0 Å². The van der Waals surface area contributed by atoms with Crippen LogP contribution in [0, 0.1) is 0 Å². The van der Waals surface area contributed by atoms with Gasteiger partial charge in [0.15, 0.2) is 0 Å². The Morgan fingerprint density at radius 3 is 2.43 bits per heavy atom. The summed E-state index contributed by atoms with van der Waals surface area (Å²) in [7, 11) is 0. The first-order valence-electron chi connectivity index (χ1n) is 12.5. The van der Waals surface area contributed by atoms with E-state index < -0.39 is 6.10 Å². The first kappa shape index (κ1) is 25.6. The van der Waals surface area contributed by atoms with E-state index in [4.69, 9.17) is 14.2 Å². The van der Waals surface area contributed by atoms with E-state index in [-0.39, 0.29) is 18.6 Å². The average Bonchev–Trinajstić information content (AvgIpc) is 2.91. The first-order valence-corrected chi connectivity index (χ1v) is 12.5. The lowest BCUT2D eigenvalue weighted by molar-refractivity contribution is -0.0545. The Morgan fingerprint density at radius 1 is 1.00 bits per heavy atom. The molecule has 1 N–H and O–H groups in total. The Labute approximate surface area is 208 Å². The van der Waals surface area contributed by atoms with Gasteiger partial charge in [-0.3, -0.25) is 14.6 Å². The molecule has 0 aromatic heterocycles. The number of β-amino-alcohol motifs (C(OH)–C–C–N with tert-alkyl or cyclic N) is 1. The van der Waals surface area contributed by atoms with E-state index in [2.05, 4.69) is 9.80 Å². The fourth-order valence-corrected chi connectivity index (χ4v) is 4.49. The number of para-hydroxylation sites is 1. The maximum absolute atomic E-state index is 13.3. The van der Waals surface area contributed by atoms with Crippen molar-refractivity contribution in [2.75, 3.05) is 78.8 Å². The number of benzene rings is 2. The lowest BCUT2D eigenvalue weighted by atomic mass is 10.1. The first-order chi connectivity index (χ1) is 17.2. The van der Waals surface area contributed by atoms with E-state index in [1.165, 1.54) is 0 Å². The van der Waals surface area contributed by atoms with E-state index in [1.54, 1.807) is 0 Å². The van der Waals surface area contributed by atoms with Gasteiger partial charge in [-0.2, -0.15) is 0 Å². The summed E-state index contributed by atoms with van der Waals surface area (Å²) in [6.07, 6.45) is -0.708. The van der Waals surface area contributed by atoms with Crippen LogP contribution in [0.3, 0.4) is 0 Å². The van der Waals surface area contributed by atoms with Crippen molar-refractivity contribution in [1.82, 2.24) is 14.7 Å². The predicted octanol–water partition coefficient (Wildman–Crippen LogP) is 1.60. The van der Waals surface area contributed by atoms with E-state index in [9.17, 15) is 9.90 Å². The Morgan fingerprint density at radius 2 is 1.69 bits per heavy atom. The molecule has 0 bridgehead atoms. The Kier molecular flexibility index (Phi) is 9.92. The third kappa shape index (κ3) is 8.30. The van der Waals surface area contributed by atoms with Gasteiger partial charge in [0.25, 0.3) is 5.91 Å². The van der Waals surface area contributed by atoms with Gasteiger partial charge in [0.05, 0.1) is 25.9 Å². The molecular formula is C27H37N3O5. The highest BCUT2D eigenvalue weighted by Gasteiger charge is 2.27. The number of hydrogen-bond donors (Lipinski definition) is 1. The van der Waals surface area contributed by atoms with Crippen molar-refractivity contribution < 1.29 is 24.1 Å². The molecule has 0 spiro atoms. The lowest BCUT2D eigenvalue weighted by Crippen LogP contribution is -2.52. The smallest absolute Gasteiger partial charge is 0.253 e. The molecular weight excluding hydrogens is 446 g/mol. The minimum absolute atomic E-state index is 0.0240. The molecule has 0 aliphatic carbocycles. The predicted molar refractivity (Wildman–Crippen MR) is 134 cm³/mol. The van der Waals surface area contributed by atoms with Crippen molar-refractivity contribution in [3.05, 3.63) is 66.2 Å². The fourth-order valence-electron chi connectivity index (χ4n) is 4.49. The van der Waals surface area contributed by atoms with Crippen molar-refractivity contribution in [1.29, 1.82) is 0 Å². The van der Waals surface area contributed by atoms with Gasteiger partial charge in [0.2, 0.25) is 0 Å². The monoisotopic (exact) mass is 483 g/mol. The molecule has 1 amide bonds. The standard InChI is InChI=1S/C27H37N3O5/c31-24(22-35-25-9-5-2-6-10-25)19-29-15-18-34-26(20-29)21-30(12-11-28-13-16-33-17-14-28)27(32)23-7-3-1-4-8-23/h1-10,24,26,31H,11-22H2. The third-order valence-electron chi connectivity index (χ3n) is 6.40. The number of aliphatic hydroxyl groups excluding tert-OH is 1. The van der Waals surface area contributed by atoms with Crippen LogP contribution in [0.15, 0.2) is 60.7 Å². The normalized spacial score (nSPS) is 20.3. The van der Waals surface area contributed by atoms with Crippen molar-refractivity contribution in [2.45, 2.75) is 12.2 Å². The highest BCUT2D eigenvalue weighted by atomic mass is 16.5. The van der Waals surface area contributed by atoms with Crippen molar-refractivity contribution in [3.63, 3.8) is 0 Å². The van der Waals surface area contributed by atoms with Crippen LogP contribution >= 0.6 is 0 Å². The molecule has 2 aliphatic rings. The summed E-state index contributed by atoms with van der Waals surface area (Å²) in [6, 6.07) is 19.0. The van der Waals surface area contributed by atoms with Gasteiger partial charge in [-0.25, -0.2) is 0 Å². The van der Waals surface area contributed by atoms with Crippen LogP contribution in [0.5, 0.6) is 5.75 Å². The van der Waals surface area contributed by atoms with Crippen LogP contribution in [0.4, 0.5) is 0 Å². The number of carbonyl (C=O) groups is 1. The molecule has 2 fully saturated rings. The van der Waals surface area contributed by atoms with Gasteiger partial charge in [0, 0.05) is 57.9 Å². The van der Waals surface area contributed by atoms with E-state index >= 15 is 0 Å². The highest BCUT2D eigenvalue weighted by molar-refractivity contribution is 5.94. The Balaban J connectivity index is 1.30. The van der Waals surface area contributed by atoms with E-state index in [1.807, 2.05) is 65.6 Å². The average molecular weight is 484 g/mol. The molecule has 2 unspecified atom stereocenters. The molecule has 0 saturated carbocycles. The molecule has 2 aliphatic heterocycles. The summed E-state index contributed by atoms with van der Waals surface area (Å²) in [5.41, 5.74) is 0.690. The van der Waals surface area contributed by atoms with Gasteiger partial charge >= 0.3 is 0 Å². The molecule has 8 nitrogen and oxygen atoms in total. The summed E-state index contributed by atoms with van der Waals surface area (Å²) < 4.78 is 17.2. The van der Waals surface area contributed by atoms with Crippen LogP contribution in [0.1, 0.15) is 10.4 Å². The number of aliphatic hydroxyl groups is 1. The molecule has 8 heteroatoms. The molecule has 2 heterocycles. The molecule has 2 aromatic carbocycles. The summed E-state index contributed by atoms with van der Waals surface area (Å²) in [6.45, 7) is 7.98. The maximum Gasteiger partial charge on any atom is 0.253 e. The molecule has 2 aromatic rings. The number of carbonyl (C=O) groups excluding carboxylic acids is 1. The lowest BCUT2D eigenvalue weighted by Gasteiger charge is -2.37. The molecule has 4 rings (SSSR count). The number of hydrogen-bond acceptors (Lipinski definition) is 7. The summed E-state index contributed by atoms with van der Waals surface area (Å²) in [5.74, 6) is 0.776. The number of rotatable bonds is 11. The van der Waals surface area contributed by atoms with Crippen molar-refractivity contribution in [3.8, 4) is 5.75 Å². The van der Waals surface area contributed by atoms with Crippen molar-refractivity contribution in [2.24, 2.45) is 0 Å². The number of nitrogens with zero attached hydrogens (tertiary/aromatic N) is 3. The van der Waals surface area contributed by atoms with Crippen molar-refractivity contribution >= 4 is 5.91 Å². The second kappa shape index (κ2) is 13.6. The van der Waals surface area contributed by atoms with Gasteiger partial charge in [-0.1, -0.05) is 36.4 Å². The van der Waals surface area contributed by atoms with Crippen LogP contribution < -0.4 is 4.74 Å². The zero-order valence-corrected chi connectivity index (χ0v) is 20.3. The van der Waals surface area contributed by atoms with Gasteiger partial charge < -0.3 is 24.2 Å². The summed E-state index contributed by atoms with van der Waals surface area (Å²) in [5, 5.41) is 10.5. The second-order valence-electron chi connectivity index (χ2n) is 9.10. The third-order valence-corrected chi connectivity index (χ3v) is 6.40. The number of morpholine rings is 2. The summed E-state index contributed by atoms with van der Waals surface area (Å²) in [4.78, 5) is 19.8. The highest BCUT2D eigenvalue weighted by Crippen LogP contribution is 2.13. The minimum atomic E-state index is -0.600. The number of ether oxygens (including phenoxy) is 3. The SMILES string of the molecule is O=C(c1ccccc1)N(CCN1CCOCC1)CC1CN(CC(O)COc2ccccc2)CCO1. The van der Waals surface area contributed by atoms with E-state index in [0.29, 0.717) is 38.3 Å². The quantitative estimate of drug-likeness (QED) is 0.520. The number of amides is 1. The zero-order valence-electron chi connectivity index (χ0n) is 20.3. The van der Waals surface area contributed by atoms with Gasteiger partial charge in [-0.15, -0.1) is 0 Å². The summed E-state index contributed by atoms with van der Waals surface area (Å²) >= 11 is 0. The molecule has 35 heavy (non-hydrogen) atoms. The Bertz CT molecular complexity index is 879. The molecule has 2 saturated heterocycles. The molecule has 2 atom stereocenters. The minimum Gasteiger partial charge on any atom is -0.491 e. The fraction of sp³-hybridized carbons (Fsp3) is 0.519. The van der Waals surface area contributed by atoms with Crippen LogP contribution in [-0.4, -0.2) is 117 Å². The largest absolute Gasteiger partial charge is 0.491 e. The molecule has 190 valence electrons. The van der Waals surface area contributed by atoms with E-state index in [0.717, 1.165) is 45.1 Å². The topological polar surface area (TPSA) is 74.7 Å². The zero-order chi connectivity index (χ0) is 24.3. The maximum atomic E-state index is 13.3. The second-order valence-corrected chi connectivity index (χ2v) is 9.10. The Hall–Kier alpha value is -2.49. The van der Waals surface area contributed by atoms with Crippen LogP contribution in [0.2, 0.25) is 0 Å². The van der Waals surface area contributed by atoms with Gasteiger partial charge in [0.1, 0.15) is 18.5 Å². The van der Waals surface area contributed by atoms with Crippen LogP contribution in [-0.2, 0) is 9.47 Å². The molecule has 0 radical (unpaired) electrons. The van der Waals surface area contributed by atoms with Gasteiger partial charge in [-0.05, 0) is 24.3 Å².